The summed E-state index contributed by atoms with van der Waals surface area (Å²) in [5.74, 6) is 0. The molecule has 2 heterocycles. The lowest BCUT2D eigenvalue weighted by atomic mass is 10.1. The summed E-state index contributed by atoms with van der Waals surface area (Å²) in [6.45, 7) is 0. The number of anilines is 1. The third-order valence-electron chi connectivity index (χ3n) is 3.94. The number of fused-ring (bicyclic) bond motifs is 1. The van der Waals surface area contributed by atoms with Crippen molar-refractivity contribution in [1.29, 1.82) is 0 Å². The second-order valence-electron chi connectivity index (χ2n) is 5.88. The van der Waals surface area contributed by atoms with Crippen molar-refractivity contribution in [3.63, 3.8) is 0 Å². The molecular weight excluding hydrogens is 460 g/mol. The van der Waals surface area contributed by atoms with Gasteiger partial charge in [-0.3, -0.25) is 15.5 Å². The number of aromatic nitrogens is 1. The Morgan fingerprint density at radius 1 is 1.21 bits per heavy atom. The Morgan fingerprint density at radius 3 is 2.76 bits per heavy atom. The number of rotatable bonds is 5. The number of hydrogen-bond acceptors (Lipinski definition) is 8. The van der Waals surface area contributed by atoms with Gasteiger partial charge < -0.3 is 4.42 Å². The summed E-state index contributed by atoms with van der Waals surface area (Å²) in [5.41, 5.74) is 3.68. The van der Waals surface area contributed by atoms with Crippen LogP contribution >= 0.6 is 27.3 Å². The van der Waals surface area contributed by atoms with E-state index in [9.17, 15) is 14.9 Å². The number of hydrogen-bond donors (Lipinski definition) is 1. The minimum atomic E-state index is -0.542. The highest BCUT2D eigenvalue weighted by atomic mass is 79.9. The molecule has 2 aromatic heterocycles. The zero-order valence-electron chi connectivity index (χ0n) is 14.5. The molecule has 4 rings (SSSR count). The SMILES string of the molecule is O=c1oc2ccc([N+](=O)[O-])cc2cc1-c1cnc(N/N=C/c2ccc(Br)cc2)s1. The van der Waals surface area contributed by atoms with E-state index in [2.05, 4.69) is 31.4 Å². The normalized spacial score (nSPS) is 11.2. The molecule has 1 N–H and O–H groups in total. The van der Waals surface area contributed by atoms with Gasteiger partial charge in [-0.05, 0) is 29.8 Å². The predicted octanol–water partition coefficient (Wildman–Crippen LogP) is 5.03. The van der Waals surface area contributed by atoms with Crippen molar-refractivity contribution in [2.24, 2.45) is 5.10 Å². The monoisotopic (exact) mass is 470 g/mol. The molecule has 0 saturated carbocycles. The summed E-state index contributed by atoms with van der Waals surface area (Å²) in [6, 6.07) is 13.3. The van der Waals surface area contributed by atoms with Gasteiger partial charge in [0.2, 0.25) is 5.13 Å². The Labute approximate surface area is 175 Å². The molecule has 4 aromatic rings. The molecule has 2 aromatic carbocycles. The fourth-order valence-corrected chi connectivity index (χ4v) is 3.59. The molecule has 8 nitrogen and oxygen atoms in total. The second kappa shape index (κ2) is 7.94. The number of nitrogens with zero attached hydrogens (tertiary/aromatic N) is 3. The van der Waals surface area contributed by atoms with Gasteiger partial charge in [-0.1, -0.05) is 39.4 Å². The van der Waals surface area contributed by atoms with E-state index in [4.69, 9.17) is 4.42 Å². The van der Waals surface area contributed by atoms with Gasteiger partial charge in [0.15, 0.2) is 0 Å². The number of hydrazone groups is 1. The molecule has 0 radical (unpaired) electrons. The van der Waals surface area contributed by atoms with Crippen LogP contribution in [0.2, 0.25) is 0 Å². The van der Waals surface area contributed by atoms with Crippen molar-refractivity contribution < 1.29 is 9.34 Å². The van der Waals surface area contributed by atoms with Gasteiger partial charge in [-0.2, -0.15) is 5.10 Å². The number of nitro groups is 1. The molecule has 29 heavy (non-hydrogen) atoms. The largest absolute Gasteiger partial charge is 0.422 e. The molecular formula is C19H11BrN4O4S. The third kappa shape index (κ3) is 4.23. The van der Waals surface area contributed by atoms with Crippen LogP contribution < -0.4 is 11.1 Å². The van der Waals surface area contributed by atoms with E-state index in [1.54, 1.807) is 12.3 Å². The molecule has 0 aliphatic heterocycles. The maximum atomic E-state index is 12.3. The minimum absolute atomic E-state index is 0.0776. The van der Waals surface area contributed by atoms with Crippen LogP contribution in [-0.2, 0) is 0 Å². The van der Waals surface area contributed by atoms with E-state index in [0.717, 1.165) is 10.0 Å². The smallest absolute Gasteiger partial charge is 0.345 e. The second-order valence-corrected chi connectivity index (χ2v) is 7.82. The summed E-state index contributed by atoms with van der Waals surface area (Å²) in [4.78, 5) is 27.6. The van der Waals surface area contributed by atoms with Crippen LogP contribution in [0.5, 0.6) is 0 Å². The van der Waals surface area contributed by atoms with E-state index in [0.29, 0.717) is 15.4 Å². The van der Waals surface area contributed by atoms with Gasteiger partial charge in [0.05, 0.1) is 21.6 Å². The Kier molecular flexibility index (Phi) is 5.19. The Morgan fingerprint density at radius 2 is 2.00 bits per heavy atom. The maximum Gasteiger partial charge on any atom is 0.345 e. The van der Waals surface area contributed by atoms with Crippen LogP contribution in [0.1, 0.15) is 5.56 Å². The van der Waals surface area contributed by atoms with Crippen molar-refractivity contribution in [3.05, 3.63) is 85.3 Å². The predicted molar refractivity (Wildman–Crippen MR) is 116 cm³/mol. The van der Waals surface area contributed by atoms with Gasteiger partial charge in [0.1, 0.15) is 5.58 Å². The fourth-order valence-electron chi connectivity index (χ4n) is 2.56. The number of nitrogens with one attached hydrogen (secondary N) is 1. The van der Waals surface area contributed by atoms with E-state index in [-0.39, 0.29) is 16.8 Å². The zero-order valence-corrected chi connectivity index (χ0v) is 16.9. The molecule has 0 amide bonds. The molecule has 0 atom stereocenters. The van der Waals surface area contributed by atoms with Crippen LogP contribution in [0.3, 0.4) is 0 Å². The molecule has 0 bridgehead atoms. The average Bonchev–Trinajstić information content (AvgIpc) is 3.17. The van der Waals surface area contributed by atoms with Gasteiger partial charge in [-0.25, -0.2) is 9.78 Å². The van der Waals surface area contributed by atoms with Crippen LogP contribution in [0.15, 0.2) is 73.5 Å². The van der Waals surface area contributed by atoms with Crippen LogP contribution in [0.25, 0.3) is 21.4 Å². The molecule has 0 fully saturated rings. The van der Waals surface area contributed by atoms with Gasteiger partial charge in [0.25, 0.3) is 5.69 Å². The van der Waals surface area contributed by atoms with Gasteiger partial charge in [-0.15, -0.1) is 0 Å². The number of halogens is 1. The van der Waals surface area contributed by atoms with Crippen molar-refractivity contribution in [3.8, 4) is 10.4 Å². The van der Waals surface area contributed by atoms with Crippen LogP contribution in [0, 0.1) is 10.1 Å². The van der Waals surface area contributed by atoms with E-state index >= 15 is 0 Å². The number of benzene rings is 2. The van der Waals surface area contributed by atoms with Crippen LogP contribution in [0.4, 0.5) is 10.8 Å². The number of non-ortho nitro benzene ring substituents is 1. The van der Waals surface area contributed by atoms with Gasteiger partial charge in [0, 0.05) is 28.2 Å². The lowest BCUT2D eigenvalue weighted by Gasteiger charge is -2.00. The Balaban J connectivity index is 1.59. The van der Waals surface area contributed by atoms with Crippen molar-refractivity contribution in [2.75, 3.05) is 5.43 Å². The number of nitro benzene ring substituents is 1. The van der Waals surface area contributed by atoms with Crippen molar-refractivity contribution in [1.82, 2.24) is 4.98 Å². The van der Waals surface area contributed by atoms with Crippen molar-refractivity contribution in [2.45, 2.75) is 0 Å². The van der Waals surface area contributed by atoms with E-state index < -0.39 is 10.5 Å². The number of thiazole rings is 1. The molecule has 0 aliphatic carbocycles. The third-order valence-corrected chi connectivity index (χ3v) is 5.41. The highest BCUT2D eigenvalue weighted by Gasteiger charge is 2.14. The summed E-state index contributed by atoms with van der Waals surface area (Å²) in [7, 11) is 0. The standard InChI is InChI=1S/C19H11BrN4O4S/c20-13-3-1-11(2-4-13)9-22-23-19-21-10-17(29-19)15-8-12-7-14(24(26)27)5-6-16(12)28-18(15)25/h1-10H,(H,21,23)/b22-9+. The zero-order chi connectivity index (χ0) is 20.4. The van der Waals surface area contributed by atoms with Crippen LogP contribution in [-0.4, -0.2) is 16.1 Å². The molecule has 0 spiro atoms. The Hall–Kier alpha value is -3.37. The summed E-state index contributed by atoms with van der Waals surface area (Å²) < 4.78 is 6.27. The topological polar surface area (TPSA) is 111 Å². The molecule has 0 saturated heterocycles. The lowest BCUT2D eigenvalue weighted by Crippen LogP contribution is -2.01. The van der Waals surface area contributed by atoms with E-state index in [1.165, 1.54) is 35.7 Å². The van der Waals surface area contributed by atoms with Crippen molar-refractivity contribution >= 4 is 55.3 Å². The first-order valence-electron chi connectivity index (χ1n) is 8.23. The summed E-state index contributed by atoms with van der Waals surface area (Å²) in [5, 5.41) is 16.1. The molecule has 144 valence electrons. The highest BCUT2D eigenvalue weighted by Crippen LogP contribution is 2.29. The first-order valence-corrected chi connectivity index (χ1v) is 9.84. The fraction of sp³-hybridized carbons (Fsp3) is 0. The van der Waals surface area contributed by atoms with E-state index in [1.807, 2.05) is 24.3 Å². The highest BCUT2D eigenvalue weighted by molar-refractivity contribution is 9.10. The maximum absolute atomic E-state index is 12.3. The Bertz CT molecular complexity index is 1300. The average molecular weight is 471 g/mol. The molecule has 10 heteroatoms. The minimum Gasteiger partial charge on any atom is -0.422 e. The molecule has 0 aliphatic rings. The van der Waals surface area contributed by atoms with Gasteiger partial charge >= 0.3 is 5.63 Å². The summed E-state index contributed by atoms with van der Waals surface area (Å²) in [6.07, 6.45) is 3.18. The molecule has 0 unspecified atom stereocenters. The first kappa shape index (κ1) is 19.0. The lowest BCUT2D eigenvalue weighted by molar-refractivity contribution is -0.384. The summed E-state index contributed by atoms with van der Waals surface area (Å²) >= 11 is 4.59. The first-order chi connectivity index (χ1) is 14.0. The quantitative estimate of drug-likeness (QED) is 0.189.